The predicted octanol–water partition coefficient (Wildman–Crippen LogP) is 4.80. The van der Waals surface area contributed by atoms with Crippen molar-refractivity contribution in [2.45, 2.75) is 0 Å². The molecule has 0 atom stereocenters. The van der Waals surface area contributed by atoms with Gasteiger partial charge in [-0.25, -0.2) is 0 Å². The van der Waals surface area contributed by atoms with Gasteiger partial charge < -0.3 is 10.2 Å². The van der Waals surface area contributed by atoms with Crippen LogP contribution in [0.1, 0.15) is 0 Å². The summed E-state index contributed by atoms with van der Waals surface area (Å²) in [5.41, 5.74) is 10.7. The lowest BCUT2D eigenvalue weighted by Gasteiger charge is -2.02. The summed E-state index contributed by atoms with van der Waals surface area (Å²) < 4.78 is 5.84. The van der Waals surface area contributed by atoms with E-state index in [9.17, 15) is 0 Å². The Labute approximate surface area is 232 Å². The Morgan fingerprint density at radius 3 is 1.67 bits per heavy atom. The van der Waals surface area contributed by atoms with Crippen LogP contribution in [-0.4, -0.2) is 0 Å². The third kappa shape index (κ3) is 9.25. The Kier molecular flexibility index (Phi) is 13.4. The Balaban J connectivity index is 0.000000207. The monoisotopic (exact) mass is 675 g/mol. The van der Waals surface area contributed by atoms with Crippen molar-refractivity contribution in [3.05, 3.63) is 66.7 Å². The maximum absolute atomic E-state index is 5.84. The molecule has 1 aromatic heterocycles. The molecule has 2 N–H and O–H groups in total. The zero-order valence-electron chi connectivity index (χ0n) is 16.1. The molecular weight excluding hydrogens is 663 g/mol. The first-order chi connectivity index (χ1) is 16.2. The van der Waals surface area contributed by atoms with Crippen molar-refractivity contribution in [2.24, 2.45) is 0 Å². The number of furan rings is 1. The predicted molar refractivity (Wildman–Crippen MR) is 179 cm³/mol. The van der Waals surface area contributed by atoms with E-state index in [1.165, 1.54) is 23.3 Å². The molecule has 33 heavy (non-hydrogen) atoms. The van der Waals surface area contributed by atoms with Gasteiger partial charge in [-0.05, 0) is 41.5 Å². The normalized spacial score (nSPS) is 9.58. The van der Waals surface area contributed by atoms with Gasteiger partial charge >= 0.3 is 0 Å². The summed E-state index contributed by atoms with van der Waals surface area (Å²) in [7, 11) is 18.1. The molecule has 0 aliphatic rings. The van der Waals surface area contributed by atoms with Crippen LogP contribution in [0, 0.1) is 0 Å². The van der Waals surface area contributed by atoms with Crippen LogP contribution >= 0.6 is 0 Å². The molecule has 15 heteroatoms. The quantitative estimate of drug-likeness (QED) is 0.295. The molecule has 174 valence electrons. The maximum atomic E-state index is 5.84. The standard InChI is InChI=1S/C18H13NO.S13/c19-14-8-5-12(6-9-14)13-7-10-18-16(11-13)15-3-1-2-4-17(15)20-18;1-3-5-7-9-11-13-12-10-8-6-4-2/h1-11H,19H2;. The first-order valence-corrected chi connectivity index (χ1v) is 24.6. The highest BCUT2D eigenvalue weighted by Crippen LogP contribution is 2.32. The third-order valence-corrected chi connectivity index (χ3v) is 26.1. The third-order valence-electron chi connectivity index (χ3n) is 3.90. The van der Waals surface area contributed by atoms with Crippen LogP contribution in [0.25, 0.3) is 33.1 Å². The molecule has 0 aliphatic heterocycles. The van der Waals surface area contributed by atoms with Crippen molar-refractivity contribution in [3.8, 4) is 11.1 Å². The van der Waals surface area contributed by atoms with E-state index in [-0.39, 0.29) is 0 Å². The lowest BCUT2D eigenvalue weighted by Crippen LogP contribution is -1.83. The van der Waals surface area contributed by atoms with Crippen LogP contribution in [0.4, 0.5) is 5.69 Å². The highest BCUT2D eigenvalue weighted by atomic mass is 33.5. The van der Waals surface area contributed by atoms with E-state index in [4.69, 9.17) is 32.5 Å². The largest absolute Gasteiger partial charge is 0.456 e. The minimum atomic E-state index is 0.781. The van der Waals surface area contributed by atoms with Crippen molar-refractivity contribution in [3.63, 3.8) is 0 Å². The molecule has 1 heterocycles. The van der Waals surface area contributed by atoms with Crippen molar-refractivity contribution < 1.29 is 4.42 Å². The average molecular weight is 676 g/mol. The van der Waals surface area contributed by atoms with Gasteiger partial charge in [0.25, 0.3) is 0 Å². The fourth-order valence-electron chi connectivity index (χ4n) is 2.68. The van der Waals surface area contributed by atoms with E-state index >= 15 is 0 Å². The second-order valence-corrected chi connectivity index (χ2v) is 25.1. The van der Waals surface area contributed by atoms with Crippen LogP contribution < -0.4 is 5.73 Å². The number of hydrogen-bond donors (Lipinski definition) is 1. The second-order valence-electron chi connectivity index (χ2n) is 5.68. The lowest BCUT2D eigenvalue weighted by atomic mass is 10.0. The van der Waals surface area contributed by atoms with Gasteiger partial charge in [0.2, 0.25) is 0 Å². The summed E-state index contributed by atoms with van der Waals surface area (Å²) in [4.78, 5) is 0. The Bertz CT molecular complexity index is 1710. The first kappa shape index (κ1) is 27.7. The van der Waals surface area contributed by atoms with Gasteiger partial charge in [0, 0.05) is 137 Å². The molecule has 2 nitrogen and oxygen atoms in total. The molecule has 0 amide bonds. The van der Waals surface area contributed by atoms with E-state index < -0.39 is 0 Å². The van der Waals surface area contributed by atoms with Gasteiger partial charge in [-0.2, -0.15) is 0 Å². The summed E-state index contributed by atoms with van der Waals surface area (Å²) in [5.74, 6) is 0. The van der Waals surface area contributed by atoms with Crippen LogP contribution in [-0.2, 0) is 120 Å². The van der Waals surface area contributed by atoms with Crippen LogP contribution in [0.5, 0.6) is 0 Å². The van der Waals surface area contributed by atoms with E-state index in [1.54, 1.807) is 79.9 Å². The molecule has 0 aliphatic carbocycles. The summed E-state index contributed by atoms with van der Waals surface area (Å²) >= 11 is 9.40. The first-order valence-electron chi connectivity index (χ1n) is 8.58. The number of fused-ring (bicyclic) bond motifs is 3. The topological polar surface area (TPSA) is 39.2 Å². The number of benzene rings is 3. The average Bonchev–Trinajstić information content (AvgIpc) is 3.22. The fourth-order valence-corrected chi connectivity index (χ4v) is 27.4. The molecule has 0 spiro atoms. The van der Waals surface area contributed by atoms with Crippen molar-refractivity contribution >= 4 is 148 Å². The van der Waals surface area contributed by atoms with Crippen molar-refractivity contribution in [1.29, 1.82) is 0 Å². The highest BCUT2D eigenvalue weighted by Gasteiger charge is 2.07. The van der Waals surface area contributed by atoms with Gasteiger partial charge in [-0.15, -0.1) is 0 Å². The summed E-state index contributed by atoms with van der Waals surface area (Å²) in [6.07, 6.45) is 0. The van der Waals surface area contributed by atoms with Gasteiger partial charge in [-0.1, -0.05) is 36.4 Å². The minimum absolute atomic E-state index is 0.781. The fraction of sp³-hybridized carbons (Fsp3) is 0. The molecule has 4 aromatic rings. The molecule has 0 fully saturated rings. The Morgan fingerprint density at radius 1 is 0.545 bits per heavy atom. The molecule has 4 rings (SSSR count). The van der Waals surface area contributed by atoms with Crippen molar-refractivity contribution in [1.82, 2.24) is 0 Å². The van der Waals surface area contributed by atoms with Crippen LogP contribution in [0.2, 0.25) is 0 Å². The van der Waals surface area contributed by atoms with E-state index in [1.807, 2.05) is 48.5 Å². The van der Waals surface area contributed by atoms with Gasteiger partial charge in [-0.3, -0.25) is 0 Å². The van der Waals surface area contributed by atoms with Crippen LogP contribution in [0.3, 0.4) is 0 Å². The van der Waals surface area contributed by atoms with Gasteiger partial charge in [0.15, 0.2) is 0 Å². The molecule has 3 aromatic carbocycles. The zero-order valence-corrected chi connectivity index (χ0v) is 26.8. The minimum Gasteiger partial charge on any atom is -0.456 e. The van der Waals surface area contributed by atoms with E-state index in [2.05, 4.69) is 18.2 Å². The van der Waals surface area contributed by atoms with Gasteiger partial charge in [0.05, 0.1) is 0 Å². The molecular formula is C18H13NOS13. The van der Waals surface area contributed by atoms with Crippen LogP contribution in [0.15, 0.2) is 71.1 Å². The lowest BCUT2D eigenvalue weighted by molar-refractivity contribution is 0.669. The summed E-state index contributed by atoms with van der Waals surface area (Å²) in [6.45, 7) is 0. The molecule has 0 saturated heterocycles. The molecule has 0 unspecified atom stereocenters. The molecule has 0 saturated carbocycles. The maximum Gasteiger partial charge on any atom is 0.135 e. The van der Waals surface area contributed by atoms with E-state index in [0.717, 1.165) is 33.2 Å². The second kappa shape index (κ2) is 16.0. The Morgan fingerprint density at radius 2 is 1.06 bits per heavy atom. The van der Waals surface area contributed by atoms with E-state index in [0.29, 0.717) is 0 Å². The number of rotatable bonds is 1. The highest BCUT2D eigenvalue weighted by molar-refractivity contribution is 8.75. The number of nitrogens with two attached hydrogens (primary N) is 1. The number of nitrogen functional groups attached to an aromatic ring is 1. The summed E-state index contributed by atoms with van der Waals surface area (Å²) in [6, 6.07) is 22.3. The van der Waals surface area contributed by atoms with Gasteiger partial charge in [0.1, 0.15) is 11.2 Å². The zero-order chi connectivity index (χ0) is 23.3. The Hall–Kier alpha value is 0.120. The smallest absolute Gasteiger partial charge is 0.135 e. The molecule has 0 bridgehead atoms. The number of para-hydroxylation sites is 1. The SMILES string of the molecule is Nc1ccc(-c2ccc3oc4ccccc4c3c2)cc1.S=S=S=S=S=S=S=S=S=S=S=S=S. The summed E-state index contributed by atoms with van der Waals surface area (Å²) in [5, 5.41) is 2.30. The molecule has 0 radical (unpaired) electrons. The van der Waals surface area contributed by atoms with Crippen molar-refractivity contribution in [2.75, 3.05) is 5.73 Å². The number of anilines is 1. The number of hydrogen-bond acceptors (Lipinski definition) is 4.